The van der Waals surface area contributed by atoms with Crippen molar-refractivity contribution in [3.05, 3.63) is 28.2 Å². The average Bonchev–Trinajstić information content (AvgIpc) is 2.78. The van der Waals surface area contributed by atoms with E-state index in [0.29, 0.717) is 17.9 Å². The maximum Gasteiger partial charge on any atom is 0.229 e. The van der Waals surface area contributed by atoms with Gasteiger partial charge < -0.3 is 10.1 Å². The van der Waals surface area contributed by atoms with Crippen molar-refractivity contribution in [1.82, 2.24) is 0 Å². The van der Waals surface area contributed by atoms with Crippen molar-refractivity contribution < 1.29 is 9.53 Å². The van der Waals surface area contributed by atoms with Crippen LogP contribution in [0.25, 0.3) is 0 Å². The molecule has 4 nitrogen and oxygen atoms in total. The number of nitriles is 1. The number of rotatable bonds is 2. The second-order valence-corrected chi connectivity index (χ2v) is 5.28. The number of hydrogen-bond acceptors (Lipinski definition) is 3. The summed E-state index contributed by atoms with van der Waals surface area (Å²) in [6, 6.07) is 7.27. The third-order valence-corrected chi connectivity index (χ3v) is 3.42. The molecule has 0 radical (unpaired) electrons. The fourth-order valence-electron chi connectivity index (χ4n) is 1.95. The summed E-state index contributed by atoms with van der Waals surface area (Å²) < 4.78 is 6.18. The number of nitrogens with one attached hydrogen (secondary N) is 1. The van der Waals surface area contributed by atoms with Crippen molar-refractivity contribution in [2.45, 2.75) is 19.4 Å². The third kappa shape index (κ3) is 2.89. The van der Waals surface area contributed by atoms with Gasteiger partial charge in [0.15, 0.2) is 0 Å². The lowest BCUT2D eigenvalue weighted by Crippen LogP contribution is -2.23. The second kappa shape index (κ2) is 5.51. The van der Waals surface area contributed by atoms with E-state index in [-0.39, 0.29) is 17.9 Å². The molecule has 2 atom stereocenters. The van der Waals surface area contributed by atoms with Crippen LogP contribution in [0.5, 0.6) is 0 Å². The van der Waals surface area contributed by atoms with Crippen molar-refractivity contribution in [2.75, 3.05) is 11.9 Å². The quantitative estimate of drug-likeness (QED) is 0.913. The molecule has 1 N–H and O–H groups in total. The molecule has 1 heterocycles. The summed E-state index contributed by atoms with van der Waals surface area (Å²) in [6.45, 7) is 2.40. The fourth-order valence-corrected chi connectivity index (χ4v) is 2.31. The van der Waals surface area contributed by atoms with Crippen LogP contribution in [0.1, 0.15) is 18.9 Å². The largest absolute Gasteiger partial charge is 0.378 e. The van der Waals surface area contributed by atoms with Crippen molar-refractivity contribution in [3.8, 4) is 6.07 Å². The van der Waals surface area contributed by atoms with Crippen LogP contribution in [0.3, 0.4) is 0 Å². The van der Waals surface area contributed by atoms with Crippen LogP contribution in [-0.4, -0.2) is 18.6 Å². The number of carbonyl (C=O) groups is 1. The number of halogens is 1. The molecule has 5 heteroatoms. The Bertz CT molecular complexity index is 510. The molecule has 94 valence electrons. The van der Waals surface area contributed by atoms with Crippen molar-refractivity contribution in [1.29, 1.82) is 5.26 Å². The van der Waals surface area contributed by atoms with Crippen molar-refractivity contribution >= 4 is 27.5 Å². The Morgan fingerprint density at radius 3 is 3.00 bits per heavy atom. The number of carbonyl (C=O) groups excluding carboxylic acids is 1. The Balaban J connectivity index is 2.10. The van der Waals surface area contributed by atoms with Crippen LogP contribution in [0, 0.1) is 17.2 Å². The molecule has 1 aromatic rings. The van der Waals surface area contributed by atoms with Gasteiger partial charge in [-0.1, -0.05) is 15.9 Å². The molecule has 0 aliphatic carbocycles. The smallest absolute Gasteiger partial charge is 0.229 e. The summed E-state index contributed by atoms with van der Waals surface area (Å²) in [7, 11) is 0. The highest BCUT2D eigenvalue weighted by Gasteiger charge is 2.28. The number of anilines is 1. The zero-order valence-corrected chi connectivity index (χ0v) is 11.5. The minimum Gasteiger partial charge on any atom is -0.378 e. The van der Waals surface area contributed by atoms with E-state index in [1.165, 1.54) is 0 Å². The van der Waals surface area contributed by atoms with Gasteiger partial charge in [-0.25, -0.2) is 0 Å². The molecule has 1 aliphatic heterocycles. The van der Waals surface area contributed by atoms with E-state index in [4.69, 9.17) is 10.00 Å². The van der Waals surface area contributed by atoms with Crippen LogP contribution in [0.15, 0.2) is 22.7 Å². The molecule has 1 fully saturated rings. The SMILES string of the molecule is CC1CC(C(=O)Nc2ccc(Br)cc2C#N)CO1. The Labute approximate surface area is 114 Å². The molecule has 1 aliphatic rings. The van der Waals surface area contributed by atoms with Gasteiger partial charge in [0, 0.05) is 4.47 Å². The predicted octanol–water partition coefficient (Wildman–Crippen LogP) is 2.68. The highest BCUT2D eigenvalue weighted by atomic mass is 79.9. The van der Waals surface area contributed by atoms with Gasteiger partial charge in [0.2, 0.25) is 5.91 Å². The van der Waals surface area contributed by atoms with Crippen LogP contribution in [-0.2, 0) is 9.53 Å². The summed E-state index contributed by atoms with van der Waals surface area (Å²) in [4.78, 5) is 12.0. The van der Waals surface area contributed by atoms with E-state index < -0.39 is 0 Å². The van der Waals surface area contributed by atoms with E-state index >= 15 is 0 Å². The minimum atomic E-state index is -0.129. The van der Waals surface area contributed by atoms with Crippen molar-refractivity contribution in [3.63, 3.8) is 0 Å². The highest BCUT2D eigenvalue weighted by Crippen LogP contribution is 2.24. The van der Waals surface area contributed by atoms with E-state index in [2.05, 4.69) is 27.3 Å². The maximum absolute atomic E-state index is 12.0. The summed E-state index contributed by atoms with van der Waals surface area (Å²) in [6.07, 6.45) is 0.852. The highest BCUT2D eigenvalue weighted by molar-refractivity contribution is 9.10. The zero-order valence-electron chi connectivity index (χ0n) is 9.94. The molecular weight excluding hydrogens is 296 g/mol. The number of amides is 1. The molecule has 0 bridgehead atoms. The van der Waals surface area contributed by atoms with Crippen LogP contribution in [0.4, 0.5) is 5.69 Å². The Morgan fingerprint density at radius 2 is 2.39 bits per heavy atom. The Kier molecular flexibility index (Phi) is 4.00. The van der Waals surface area contributed by atoms with Gasteiger partial charge in [0.1, 0.15) is 6.07 Å². The number of ether oxygens (including phenoxy) is 1. The standard InChI is InChI=1S/C13H13BrN2O2/c1-8-4-10(7-18-8)13(17)16-12-3-2-11(14)5-9(12)6-15/h2-3,5,8,10H,4,7H2,1H3,(H,16,17). The molecule has 0 spiro atoms. The van der Waals surface area contributed by atoms with E-state index in [9.17, 15) is 4.79 Å². The van der Waals surface area contributed by atoms with Gasteiger partial charge in [-0.05, 0) is 31.5 Å². The zero-order chi connectivity index (χ0) is 13.1. The lowest BCUT2D eigenvalue weighted by Gasteiger charge is -2.10. The molecule has 1 amide bonds. The van der Waals surface area contributed by atoms with Crippen LogP contribution < -0.4 is 5.32 Å². The number of nitrogens with zero attached hydrogens (tertiary/aromatic N) is 1. The average molecular weight is 309 g/mol. The fraction of sp³-hybridized carbons (Fsp3) is 0.385. The van der Waals surface area contributed by atoms with E-state index in [1.807, 2.05) is 6.92 Å². The topological polar surface area (TPSA) is 62.1 Å². The Hall–Kier alpha value is -1.38. The molecule has 1 aromatic carbocycles. The second-order valence-electron chi connectivity index (χ2n) is 4.37. The number of hydrogen-bond donors (Lipinski definition) is 1. The monoisotopic (exact) mass is 308 g/mol. The molecule has 18 heavy (non-hydrogen) atoms. The minimum absolute atomic E-state index is 0.0850. The van der Waals surface area contributed by atoms with Gasteiger partial charge in [-0.3, -0.25) is 4.79 Å². The van der Waals surface area contributed by atoms with E-state index in [1.54, 1.807) is 18.2 Å². The number of benzene rings is 1. The molecular formula is C13H13BrN2O2. The first-order valence-corrected chi connectivity index (χ1v) is 6.51. The van der Waals surface area contributed by atoms with E-state index in [0.717, 1.165) is 10.9 Å². The molecule has 2 unspecified atom stereocenters. The van der Waals surface area contributed by atoms with Crippen LogP contribution in [0.2, 0.25) is 0 Å². The normalized spacial score (nSPS) is 22.5. The molecule has 2 rings (SSSR count). The summed E-state index contributed by atoms with van der Waals surface area (Å²) in [5.41, 5.74) is 0.995. The third-order valence-electron chi connectivity index (χ3n) is 2.93. The van der Waals surface area contributed by atoms with Gasteiger partial charge >= 0.3 is 0 Å². The summed E-state index contributed by atoms with van der Waals surface area (Å²) >= 11 is 3.29. The molecule has 0 saturated carbocycles. The summed E-state index contributed by atoms with van der Waals surface area (Å²) in [5.74, 6) is -0.214. The maximum atomic E-state index is 12.0. The molecule has 1 saturated heterocycles. The Morgan fingerprint density at radius 1 is 1.61 bits per heavy atom. The van der Waals surface area contributed by atoms with Gasteiger partial charge in [-0.15, -0.1) is 0 Å². The van der Waals surface area contributed by atoms with Crippen LogP contribution >= 0.6 is 15.9 Å². The molecule has 0 aromatic heterocycles. The first-order chi connectivity index (χ1) is 8.60. The van der Waals surface area contributed by atoms with Gasteiger partial charge in [-0.2, -0.15) is 5.26 Å². The van der Waals surface area contributed by atoms with Gasteiger partial charge in [0.25, 0.3) is 0 Å². The van der Waals surface area contributed by atoms with Gasteiger partial charge in [0.05, 0.1) is 29.9 Å². The first-order valence-electron chi connectivity index (χ1n) is 5.72. The lowest BCUT2D eigenvalue weighted by atomic mass is 10.1. The predicted molar refractivity (Wildman–Crippen MR) is 71.0 cm³/mol. The first kappa shape index (κ1) is 13.1. The summed E-state index contributed by atoms with van der Waals surface area (Å²) in [5, 5.41) is 11.8. The van der Waals surface area contributed by atoms with Crippen molar-refractivity contribution in [2.24, 2.45) is 5.92 Å². The lowest BCUT2D eigenvalue weighted by molar-refractivity contribution is -0.119.